The molecule has 7 nitrogen and oxygen atoms in total. The summed E-state index contributed by atoms with van der Waals surface area (Å²) in [6, 6.07) is 7.43. The first-order valence-corrected chi connectivity index (χ1v) is 7.36. The number of benzene rings is 1. The fourth-order valence-electron chi connectivity index (χ4n) is 2.15. The average Bonchev–Trinajstić information content (AvgIpc) is 3.06. The van der Waals surface area contributed by atoms with Crippen LogP contribution in [-0.2, 0) is 9.53 Å². The molecule has 110 valence electrons. The van der Waals surface area contributed by atoms with E-state index in [0.717, 1.165) is 5.69 Å². The summed E-state index contributed by atoms with van der Waals surface area (Å²) >= 11 is 1.31. The molecule has 0 unspecified atom stereocenters. The highest BCUT2D eigenvalue weighted by molar-refractivity contribution is 8.00. The number of cyclic esters (lactones) is 1. The average molecular weight is 306 g/mol. The third-order valence-corrected chi connectivity index (χ3v) is 4.26. The zero-order valence-corrected chi connectivity index (χ0v) is 12.4. The van der Waals surface area contributed by atoms with Gasteiger partial charge in [-0.15, -0.1) is 5.10 Å². The van der Waals surface area contributed by atoms with E-state index in [0.29, 0.717) is 17.3 Å². The third kappa shape index (κ3) is 2.71. The number of tetrazole rings is 1. The predicted molar refractivity (Wildman–Crippen MR) is 75.5 cm³/mol. The number of ether oxygens (including phenoxy) is 2. The van der Waals surface area contributed by atoms with E-state index in [2.05, 4.69) is 15.5 Å². The molecule has 2 heterocycles. The van der Waals surface area contributed by atoms with Crippen molar-refractivity contribution in [2.24, 2.45) is 0 Å². The number of carbonyl (C=O) groups is 1. The molecule has 0 amide bonds. The summed E-state index contributed by atoms with van der Waals surface area (Å²) < 4.78 is 12.0. The smallest absolute Gasteiger partial charge is 0.319 e. The Hall–Kier alpha value is -2.09. The van der Waals surface area contributed by atoms with Gasteiger partial charge >= 0.3 is 5.97 Å². The van der Waals surface area contributed by atoms with Gasteiger partial charge in [-0.2, -0.15) is 4.68 Å². The summed E-state index contributed by atoms with van der Waals surface area (Å²) in [5, 5.41) is 11.9. The third-order valence-electron chi connectivity index (χ3n) is 3.13. The molecule has 0 aliphatic carbocycles. The Morgan fingerprint density at radius 1 is 1.43 bits per heavy atom. The van der Waals surface area contributed by atoms with Crippen LogP contribution in [0.1, 0.15) is 13.3 Å². The Balaban J connectivity index is 1.89. The second-order valence-corrected chi connectivity index (χ2v) is 5.80. The second kappa shape index (κ2) is 5.72. The van der Waals surface area contributed by atoms with Gasteiger partial charge in [-0.3, -0.25) is 4.79 Å². The first-order chi connectivity index (χ1) is 10.2. The molecule has 1 aromatic heterocycles. The zero-order valence-electron chi connectivity index (χ0n) is 11.6. The molecule has 1 saturated heterocycles. The molecule has 1 aliphatic rings. The molecule has 1 fully saturated rings. The fraction of sp³-hybridized carbons (Fsp3) is 0.385. The van der Waals surface area contributed by atoms with Crippen molar-refractivity contribution in [1.82, 2.24) is 20.2 Å². The predicted octanol–water partition coefficient (Wildman–Crippen LogP) is 1.47. The van der Waals surface area contributed by atoms with Crippen molar-refractivity contribution < 1.29 is 14.3 Å². The summed E-state index contributed by atoms with van der Waals surface area (Å²) in [7, 11) is 1.59. The van der Waals surface area contributed by atoms with Gasteiger partial charge < -0.3 is 9.47 Å². The van der Waals surface area contributed by atoms with Crippen molar-refractivity contribution in [2.75, 3.05) is 7.11 Å². The van der Waals surface area contributed by atoms with E-state index in [9.17, 15) is 4.79 Å². The van der Waals surface area contributed by atoms with Gasteiger partial charge in [0, 0.05) is 6.42 Å². The molecule has 2 atom stereocenters. The molecular formula is C13H14N4O3S. The standard InChI is InChI=1S/C13H14N4O3S/c1-8-7-11(12(18)20-8)21-13-14-15-16-17(13)9-5-3-4-6-10(9)19-2/h3-6,8,11H,7H2,1-2H3/t8-,11-/m0/s1. The molecule has 0 bridgehead atoms. The normalized spacial score (nSPS) is 21.3. The van der Waals surface area contributed by atoms with Crippen molar-refractivity contribution in [1.29, 1.82) is 0 Å². The minimum absolute atomic E-state index is 0.0643. The summed E-state index contributed by atoms with van der Waals surface area (Å²) in [4.78, 5) is 11.7. The molecule has 0 N–H and O–H groups in total. The molecule has 2 aromatic rings. The number of carbonyl (C=O) groups excluding carboxylic acids is 1. The van der Waals surface area contributed by atoms with E-state index in [4.69, 9.17) is 9.47 Å². The minimum atomic E-state index is -0.278. The topological polar surface area (TPSA) is 79.1 Å². The van der Waals surface area contributed by atoms with Crippen LogP contribution in [0.25, 0.3) is 5.69 Å². The van der Waals surface area contributed by atoms with E-state index < -0.39 is 0 Å². The largest absolute Gasteiger partial charge is 0.494 e. The lowest BCUT2D eigenvalue weighted by Gasteiger charge is -2.09. The number of aromatic nitrogens is 4. The highest BCUT2D eigenvalue weighted by Gasteiger charge is 2.34. The Morgan fingerprint density at radius 2 is 2.24 bits per heavy atom. The number of hydrogen-bond acceptors (Lipinski definition) is 7. The van der Waals surface area contributed by atoms with Crippen LogP contribution >= 0.6 is 11.8 Å². The molecule has 1 aliphatic heterocycles. The van der Waals surface area contributed by atoms with Crippen LogP contribution in [0.3, 0.4) is 0 Å². The van der Waals surface area contributed by atoms with E-state index >= 15 is 0 Å². The first-order valence-electron chi connectivity index (χ1n) is 6.48. The Labute approximate surface area is 125 Å². The molecule has 0 radical (unpaired) electrons. The maximum Gasteiger partial charge on any atom is 0.319 e. The molecule has 0 saturated carbocycles. The number of esters is 1. The van der Waals surface area contributed by atoms with Gasteiger partial charge in [0.1, 0.15) is 22.8 Å². The van der Waals surface area contributed by atoms with Crippen LogP contribution in [0.5, 0.6) is 5.75 Å². The number of thioether (sulfide) groups is 1. The van der Waals surface area contributed by atoms with E-state index in [1.54, 1.807) is 11.8 Å². The quantitative estimate of drug-likeness (QED) is 0.791. The maximum absolute atomic E-state index is 11.7. The number of hydrogen-bond donors (Lipinski definition) is 0. The van der Waals surface area contributed by atoms with Gasteiger partial charge in [0.2, 0.25) is 5.16 Å². The summed E-state index contributed by atoms with van der Waals surface area (Å²) in [5.74, 6) is 0.441. The SMILES string of the molecule is COc1ccccc1-n1nnnc1S[C@H]1C[C@H](C)OC1=O. The number of para-hydroxylation sites is 2. The monoisotopic (exact) mass is 306 g/mol. The minimum Gasteiger partial charge on any atom is -0.494 e. The molecule has 3 rings (SSSR count). The summed E-state index contributed by atoms with van der Waals surface area (Å²) in [6.07, 6.45) is 0.591. The van der Waals surface area contributed by atoms with Gasteiger partial charge in [-0.05, 0) is 29.5 Å². The lowest BCUT2D eigenvalue weighted by atomic mass is 10.3. The van der Waals surface area contributed by atoms with Crippen molar-refractivity contribution in [3.63, 3.8) is 0 Å². The van der Waals surface area contributed by atoms with Crippen LogP contribution in [0.4, 0.5) is 0 Å². The number of methoxy groups -OCH3 is 1. The van der Waals surface area contributed by atoms with Crippen LogP contribution in [0.2, 0.25) is 0 Å². The Bertz CT molecular complexity index is 660. The second-order valence-electron chi connectivity index (χ2n) is 4.63. The number of rotatable bonds is 4. The molecule has 1 aromatic carbocycles. The van der Waals surface area contributed by atoms with E-state index in [1.807, 2.05) is 31.2 Å². The van der Waals surface area contributed by atoms with Gasteiger partial charge in [0.15, 0.2) is 0 Å². The van der Waals surface area contributed by atoms with E-state index in [1.165, 1.54) is 11.8 Å². The Kier molecular flexibility index (Phi) is 3.78. The van der Waals surface area contributed by atoms with Crippen LogP contribution < -0.4 is 4.74 Å². The maximum atomic E-state index is 11.7. The van der Waals surface area contributed by atoms with Gasteiger partial charge in [0.05, 0.1) is 7.11 Å². The lowest BCUT2D eigenvalue weighted by Crippen LogP contribution is -2.11. The van der Waals surface area contributed by atoms with E-state index in [-0.39, 0.29) is 17.3 Å². The summed E-state index contributed by atoms with van der Waals surface area (Å²) in [6.45, 7) is 1.88. The van der Waals surface area contributed by atoms with Crippen molar-refractivity contribution in [2.45, 2.75) is 29.9 Å². The lowest BCUT2D eigenvalue weighted by molar-refractivity contribution is -0.140. The fourth-order valence-corrected chi connectivity index (χ4v) is 3.24. The van der Waals surface area contributed by atoms with Crippen molar-refractivity contribution in [3.05, 3.63) is 24.3 Å². The molecule has 8 heteroatoms. The Morgan fingerprint density at radius 3 is 2.95 bits per heavy atom. The summed E-state index contributed by atoms with van der Waals surface area (Å²) in [5.41, 5.74) is 0.729. The first kappa shape index (κ1) is 13.9. The molecular weight excluding hydrogens is 292 g/mol. The highest BCUT2D eigenvalue weighted by Crippen LogP contribution is 2.33. The zero-order chi connectivity index (χ0) is 14.8. The van der Waals surface area contributed by atoms with Crippen molar-refractivity contribution >= 4 is 17.7 Å². The van der Waals surface area contributed by atoms with Gasteiger partial charge in [-0.25, -0.2) is 0 Å². The van der Waals surface area contributed by atoms with Crippen molar-refractivity contribution in [3.8, 4) is 11.4 Å². The van der Waals surface area contributed by atoms with Gasteiger partial charge in [0.25, 0.3) is 0 Å². The number of nitrogens with zero attached hydrogens (tertiary/aromatic N) is 4. The van der Waals surface area contributed by atoms with Crippen LogP contribution in [0.15, 0.2) is 29.4 Å². The van der Waals surface area contributed by atoms with Crippen LogP contribution in [0, 0.1) is 0 Å². The van der Waals surface area contributed by atoms with Gasteiger partial charge in [-0.1, -0.05) is 23.9 Å². The van der Waals surface area contributed by atoms with Crippen LogP contribution in [-0.4, -0.2) is 44.6 Å². The molecule has 0 spiro atoms. The highest BCUT2D eigenvalue weighted by atomic mass is 32.2. The molecule has 21 heavy (non-hydrogen) atoms.